The normalized spacial score (nSPS) is 15.4. The number of rotatable bonds is 6. The van der Waals surface area contributed by atoms with Gasteiger partial charge in [0.2, 0.25) is 0 Å². The number of hydrogen-bond donors (Lipinski definition) is 2. The van der Waals surface area contributed by atoms with E-state index >= 15 is 0 Å². The molecule has 0 unspecified atom stereocenters. The summed E-state index contributed by atoms with van der Waals surface area (Å²) in [7, 11) is 0. The van der Waals surface area contributed by atoms with Gasteiger partial charge < -0.3 is 15.3 Å². The van der Waals surface area contributed by atoms with Crippen molar-refractivity contribution in [3.8, 4) is 0 Å². The van der Waals surface area contributed by atoms with Crippen LogP contribution in [-0.4, -0.2) is 29.8 Å². The Morgan fingerprint density at radius 3 is 2.50 bits per heavy atom. The summed E-state index contributed by atoms with van der Waals surface area (Å²) in [5.74, 6) is 0. The van der Waals surface area contributed by atoms with Crippen LogP contribution in [0.1, 0.15) is 44.7 Å². The van der Waals surface area contributed by atoms with Crippen LogP contribution in [0.25, 0.3) is 0 Å². The first-order valence-corrected chi connectivity index (χ1v) is 7.63. The molecule has 1 aliphatic rings. The fourth-order valence-corrected chi connectivity index (χ4v) is 2.51. The van der Waals surface area contributed by atoms with Crippen molar-refractivity contribution < 1.29 is 5.11 Å². The molecule has 0 saturated heterocycles. The standard InChI is InChI=1S/C17H28N2O/c1-13-11-14(12-18-17(2,3)4)5-8-16(13)19(9-10-20)15-6-7-15/h5,8,11,15,18,20H,6-7,9-10,12H2,1-4H3. The van der Waals surface area contributed by atoms with Crippen LogP contribution in [0, 0.1) is 6.92 Å². The summed E-state index contributed by atoms with van der Waals surface area (Å²) in [6.45, 7) is 10.6. The van der Waals surface area contributed by atoms with Crippen LogP contribution >= 0.6 is 0 Å². The van der Waals surface area contributed by atoms with Gasteiger partial charge in [-0.15, -0.1) is 0 Å². The maximum Gasteiger partial charge on any atom is 0.0606 e. The lowest BCUT2D eigenvalue weighted by Crippen LogP contribution is -2.35. The predicted octanol–water partition coefficient (Wildman–Crippen LogP) is 2.84. The third kappa shape index (κ3) is 4.22. The molecule has 0 amide bonds. The van der Waals surface area contributed by atoms with Crippen molar-refractivity contribution in [1.82, 2.24) is 5.32 Å². The Kier molecular flexibility index (Phi) is 4.71. The summed E-state index contributed by atoms with van der Waals surface area (Å²) in [5, 5.41) is 12.8. The van der Waals surface area contributed by atoms with Gasteiger partial charge in [0.1, 0.15) is 0 Å². The topological polar surface area (TPSA) is 35.5 Å². The lowest BCUT2D eigenvalue weighted by atomic mass is 10.1. The highest BCUT2D eigenvalue weighted by molar-refractivity contribution is 5.56. The molecule has 1 fully saturated rings. The Balaban J connectivity index is 2.08. The summed E-state index contributed by atoms with van der Waals surface area (Å²) in [4.78, 5) is 2.36. The molecule has 0 heterocycles. The molecule has 0 bridgehead atoms. The van der Waals surface area contributed by atoms with Crippen LogP contribution in [0.3, 0.4) is 0 Å². The van der Waals surface area contributed by atoms with E-state index in [0.717, 1.165) is 13.1 Å². The number of aliphatic hydroxyl groups is 1. The molecule has 1 aromatic rings. The van der Waals surface area contributed by atoms with Gasteiger partial charge in [0, 0.05) is 30.4 Å². The van der Waals surface area contributed by atoms with E-state index in [1.165, 1.54) is 29.7 Å². The van der Waals surface area contributed by atoms with Crippen LogP contribution in [-0.2, 0) is 6.54 Å². The van der Waals surface area contributed by atoms with Crippen molar-refractivity contribution in [2.45, 2.75) is 58.7 Å². The van der Waals surface area contributed by atoms with Crippen LogP contribution < -0.4 is 10.2 Å². The van der Waals surface area contributed by atoms with Gasteiger partial charge >= 0.3 is 0 Å². The number of anilines is 1. The van der Waals surface area contributed by atoms with Gasteiger partial charge in [-0.2, -0.15) is 0 Å². The zero-order valence-corrected chi connectivity index (χ0v) is 13.2. The summed E-state index contributed by atoms with van der Waals surface area (Å²) in [6, 6.07) is 7.32. The van der Waals surface area contributed by atoms with E-state index in [9.17, 15) is 5.11 Å². The van der Waals surface area contributed by atoms with Gasteiger partial charge in [-0.3, -0.25) is 0 Å². The van der Waals surface area contributed by atoms with E-state index in [1.807, 2.05) is 0 Å². The Bertz CT molecular complexity index is 447. The number of benzene rings is 1. The minimum atomic E-state index is 0.142. The van der Waals surface area contributed by atoms with Gasteiger partial charge in [-0.1, -0.05) is 12.1 Å². The van der Waals surface area contributed by atoms with Crippen LogP contribution in [0.15, 0.2) is 18.2 Å². The van der Waals surface area contributed by atoms with Crippen molar-refractivity contribution in [3.63, 3.8) is 0 Å². The number of hydrogen-bond acceptors (Lipinski definition) is 3. The largest absolute Gasteiger partial charge is 0.395 e. The molecule has 2 N–H and O–H groups in total. The molecule has 112 valence electrons. The lowest BCUT2D eigenvalue weighted by molar-refractivity contribution is 0.301. The molecule has 0 spiro atoms. The highest BCUT2D eigenvalue weighted by atomic mass is 16.3. The zero-order valence-electron chi connectivity index (χ0n) is 13.2. The monoisotopic (exact) mass is 276 g/mol. The van der Waals surface area contributed by atoms with Crippen LogP contribution in [0.2, 0.25) is 0 Å². The van der Waals surface area contributed by atoms with Crippen molar-refractivity contribution >= 4 is 5.69 Å². The lowest BCUT2D eigenvalue weighted by Gasteiger charge is -2.26. The van der Waals surface area contributed by atoms with Gasteiger partial charge in [-0.25, -0.2) is 0 Å². The minimum absolute atomic E-state index is 0.142. The van der Waals surface area contributed by atoms with Gasteiger partial charge in [-0.05, 0) is 57.7 Å². The molecule has 2 rings (SSSR count). The Hall–Kier alpha value is -1.06. The summed E-state index contributed by atoms with van der Waals surface area (Å²) in [6.07, 6.45) is 2.51. The molecule has 1 aromatic carbocycles. The molecular formula is C17H28N2O. The number of aryl methyl sites for hydroxylation is 1. The molecule has 20 heavy (non-hydrogen) atoms. The molecule has 0 aliphatic heterocycles. The minimum Gasteiger partial charge on any atom is -0.395 e. The van der Waals surface area contributed by atoms with Gasteiger partial charge in [0.15, 0.2) is 0 Å². The Morgan fingerprint density at radius 1 is 1.30 bits per heavy atom. The molecule has 3 heteroatoms. The first-order chi connectivity index (χ1) is 9.40. The van der Waals surface area contributed by atoms with Gasteiger partial charge in [0.25, 0.3) is 0 Å². The highest BCUT2D eigenvalue weighted by Gasteiger charge is 2.29. The van der Waals surface area contributed by atoms with Crippen molar-refractivity contribution in [1.29, 1.82) is 0 Å². The second-order valence-corrected chi connectivity index (χ2v) is 6.87. The smallest absolute Gasteiger partial charge is 0.0606 e. The Morgan fingerprint density at radius 2 is 2.00 bits per heavy atom. The molecule has 0 aromatic heterocycles. The summed E-state index contributed by atoms with van der Waals surface area (Å²) >= 11 is 0. The van der Waals surface area contributed by atoms with Crippen molar-refractivity contribution in [2.75, 3.05) is 18.1 Å². The predicted molar refractivity (Wildman–Crippen MR) is 85.2 cm³/mol. The first-order valence-electron chi connectivity index (χ1n) is 7.63. The van der Waals surface area contributed by atoms with Crippen molar-refractivity contribution in [2.24, 2.45) is 0 Å². The van der Waals surface area contributed by atoms with E-state index in [4.69, 9.17) is 0 Å². The highest BCUT2D eigenvalue weighted by Crippen LogP contribution is 2.33. The molecular weight excluding hydrogens is 248 g/mol. The van der Waals surface area contributed by atoms with Crippen LogP contribution in [0.5, 0.6) is 0 Å². The van der Waals surface area contributed by atoms with E-state index < -0.39 is 0 Å². The fourth-order valence-electron chi connectivity index (χ4n) is 2.51. The second kappa shape index (κ2) is 6.15. The van der Waals surface area contributed by atoms with Crippen molar-refractivity contribution in [3.05, 3.63) is 29.3 Å². The van der Waals surface area contributed by atoms with Crippen LogP contribution in [0.4, 0.5) is 5.69 Å². The second-order valence-electron chi connectivity index (χ2n) is 6.87. The Labute approximate surface area is 123 Å². The molecule has 3 nitrogen and oxygen atoms in total. The molecule has 1 saturated carbocycles. The summed E-state index contributed by atoms with van der Waals surface area (Å²) < 4.78 is 0. The SMILES string of the molecule is Cc1cc(CNC(C)(C)C)ccc1N(CCO)C1CC1. The third-order valence-corrected chi connectivity index (χ3v) is 3.72. The van der Waals surface area contributed by atoms with E-state index in [1.54, 1.807) is 0 Å². The van der Waals surface area contributed by atoms with E-state index in [0.29, 0.717) is 6.04 Å². The number of nitrogens with one attached hydrogen (secondary N) is 1. The third-order valence-electron chi connectivity index (χ3n) is 3.72. The fraction of sp³-hybridized carbons (Fsp3) is 0.647. The number of nitrogens with zero attached hydrogens (tertiary/aromatic N) is 1. The average molecular weight is 276 g/mol. The van der Waals surface area contributed by atoms with E-state index in [-0.39, 0.29) is 12.1 Å². The molecule has 0 radical (unpaired) electrons. The van der Waals surface area contributed by atoms with E-state index in [2.05, 4.69) is 56.1 Å². The first kappa shape index (κ1) is 15.3. The maximum absolute atomic E-state index is 9.24. The maximum atomic E-state index is 9.24. The van der Waals surface area contributed by atoms with Gasteiger partial charge in [0.05, 0.1) is 6.61 Å². The molecule has 1 aliphatic carbocycles. The number of aliphatic hydroxyl groups excluding tert-OH is 1. The quantitative estimate of drug-likeness (QED) is 0.838. The zero-order chi connectivity index (χ0) is 14.8. The average Bonchev–Trinajstić information content (AvgIpc) is 3.18. The summed E-state index contributed by atoms with van der Waals surface area (Å²) in [5.41, 5.74) is 4.05. The molecule has 0 atom stereocenters.